The maximum absolute atomic E-state index is 13.8. The number of anilines is 2. The highest BCUT2D eigenvalue weighted by molar-refractivity contribution is 6.30. The largest absolute Gasteiger partial charge is 0.495 e. The van der Waals surface area contributed by atoms with Gasteiger partial charge in [-0.05, 0) is 55.7 Å². The molecule has 0 amide bonds. The summed E-state index contributed by atoms with van der Waals surface area (Å²) in [6.07, 6.45) is 2.45. The highest BCUT2D eigenvalue weighted by Gasteiger charge is 2.28. The second-order valence-electron chi connectivity index (χ2n) is 8.34. The van der Waals surface area contributed by atoms with Gasteiger partial charge in [0.15, 0.2) is 0 Å². The van der Waals surface area contributed by atoms with Gasteiger partial charge < -0.3 is 10.1 Å². The fraction of sp³-hybridized carbons (Fsp3) is 0.240. The molecule has 1 aliphatic rings. The van der Waals surface area contributed by atoms with Crippen molar-refractivity contribution >= 4 is 34.0 Å². The molecule has 2 aromatic heterocycles. The molecule has 9 heteroatoms. The van der Waals surface area contributed by atoms with E-state index in [0.29, 0.717) is 27.8 Å². The van der Waals surface area contributed by atoms with Gasteiger partial charge in [0.1, 0.15) is 16.8 Å². The summed E-state index contributed by atoms with van der Waals surface area (Å²) < 4.78 is 9.56. The molecule has 8 nitrogen and oxygen atoms in total. The lowest BCUT2D eigenvalue weighted by Gasteiger charge is -2.29. The minimum Gasteiger partial charge on any atom is -0.495 e. The fourth-order valence-electron chi connectivity index (χ4n) is 4.35. The van der Waals surface area contributed by atoms with Gasteiger partial charge in [0.05, 0.1) is 18.5 Å². The topological polar surface area (TPSA) is 87.3 Å². The Kier molecular flexibility index (Phi) is 5.53. The summed E-state index contributed by atoms with van der Waals surface area (Å²) in [5.41, 5.74) is 0.331. The summed E-state index contributed by atoms with van der Waals surface area (Å²) in [4.78, 5) is 40.6. The second kappa shape index (κ2) is 8.53. The van der Waals surface area contributed by atoms with Gasteiger partial charge in [0.25, 0.3) is 11.1 Å². The fourth-order valence-corrected chi connectivity index (χ4v) is 4.48. The maximum atomic E-state index is 13.8. The normalized spacial score (nSPS) is 13.6. The van der Waals surface area contributed by atoms with Crippen molar-refractivity contribution in [1.29, 1.82) is 0 Å². The van der Waals surface area contributed by atoms with Gasteiger partial charge in [-0.3, -0.25) is 18.7 Å². The molecular formula is C25H23ClN4O4. The van der Waals surface area contributed by atoms with Crippen LogP contribution in [0.1, 0.15) is 25.3 Å². The number of benzene rings is 2. The number of aromatic nitrogens is 3. The van der Waals surface area contributed by atoms with Gasteiger partial charge in [0.2, 0.25) is 0 Å². The first kappa shape index (κ1) is 22.0. The third-order valence-corrected chi connectivity index (χ3v) is 6.59. The number of hydrogen-bond acceptors (Lipinski definition) is 5. The van der Waals surface area contributed by atoms with Gasteiger partial charge in [-0.2, -0.15) is 0 Å². The summed E-state index contributed by atoms with van der Waals surface area (Å²) in [5.74, 6) is 0.452. The molecule has 1 fully saturated rings. The van der Waals surface area contributed by atoms with Crippen LogP contribution in [0.3, 0.4) is 0 Å². The number of halogens is 1. The molecule has 0 radical (unpaired) electrons. The van der Waals surface area contributed by atoms with Crippen molar-refractivity contribution < 1.29 is 4.74 Å². The van der Waals surface area contributed by atoms with E-state index in [1.807, 2.05) is 0 Å². The lowest BCUT2D eigenvalue weighted by Crippen LogP contribution is -2.45. The van der Waals surface area contributed by atoms with Crippen molar-refractivity contribution in [3.8, 4) is 11.4 Å². The summed E-state index contributed by atoms with van der Waals surface area (Å²) in [6.45, 7) is 0. The minimum atomic E-state index is -0.495. The van der Waals surface area contributed by atoms with E-state index >= 15 is 0 Å². The summed E-state index contributed by atoms with van der Waals surface area (Å²) in [7, 11) is 3.07. The standard InChI is InChI=1S/C25H23ClN4O4/c1-28-21(31)14-18(27-16-12-10-15(26)11-13-16)22-23(28)30(19-8-3-4-9-20(19)34-2)25(33)29(24(22)32)17-6-5-7-17/h3-4,8-14,17,27H,5-7H2,1-2H3. The number of hydrogen-bond donors (Lipinski definition) is 1. The van der Waals surface area contributed by atoms with Crippen LogP contribution in [0, 0.1) is 0 Å². The highest BCUT2D eigenvalue weighted by Crippen LogP contribution is 2.32. The van der Waals surface area contributed by atoms with Crippen LogP contribution in [0.2, 0.25) is 5.02 Å². The molecule has 34 heavy (non-hydrogen) atoms. The zero-order valence-corrected chi connectivity index (χ0v) is 19.5. The third kappa shape index (κ3) is 3.51. The second-order valence-corrected chi connectivity index (χ2v) is 8.77. The molecule has 5 rings (SSSR count). The third-order valence-electron chi connectivity index (χ3n) is 6.34. The first-order valence-electron chi connectivity index (χ1n) is 11.0. The number of ether oxygens (including phenoxy) is 1. The number of rotatable bonds is 5. The van der Waals surface area contributed by atoms with Gasteiger partial charge >= 0.3 is 5.69 Å². The lowest BCUT2D eigenvalue weighted by molar-refractivity contribution is 0.295. The van der Waals surface area contributed by atoms with Crippen LogP contribution < -0.4 is 26.9 Å². The van der Waals surface area contributed by atoms with Crippen molar-refractivity contribution in [2.24, 2.45) is 7.05 Å². The van der Waals surface area contributed by atoms with E-state index in [0.717, 1.165) is 19.3 Å². The number of nitrogens with one attached hydrogen (secondary N) is 1. The van der Waals surface area contributed by atoms with Gasteiger partial charge in [-0.15, -0.1) is 0 Å². The van der Waals surface area contributed by atoms with Crippen LogP contribution in [-0.4, -0.2) is 20.8 Å². The van der Waals surface area contributed by atoms with Crippen molar-refractivity contribution in [2.45, 2.75) is 25.3 Å². The monoisotopic (exact) mass is 478 g/mol. The first-order chi connectivity index (χ1) is 16.4. The van der Waals surface area contributed by atoms with Crippen molar-refractivity contribution in [1.82, 2.24) is 13.7 Å². The molecule has 2 aromatic carbocycles. The molecule has 0 unspecified atom stereocenters. The van der Waals surface area contributed by atoms with Crippen LogP contribution in [0.25, 0.3) is 16.7 Å². The predicted octanol–water partition coefficient (Wildman–Crippen LogP) is 3.98. The summed E-state index contributed by atoms with van der Waals surface area (Å²) in [5, 5.41) is 3.99. The average molecular weight is 479 g/mol. The van der Waals surface area contributed by atoms with E-state index in [2.05, 4.69) is 5.32 Å². The molecular weight excluding hydrogens is 456 g/mol. The molecule has 2 heterocycles. The highest BCUT2D eigenvalue weighted by atomic mass is 35.5. The number of nitrogens with zero attached hydrogens (tertiary/aromatic N) is 3. The van der Waals surface area contributed by atoms with Crippen LogP contribution in [-0.2, 0) is 7.05 Å². The quantitative estimate of drug-likeness (QED) is 0.469. The van der Waals surface area contributed by atoms with E-state index < -0.39 is 11.2 Å². The Morgan fingerprint density at radius 3 is 2.38 bits per heavy atom. The van der Waals surface area contributed by atoms with Gasteiger partial charge in [-0.1, -0.05) is 23.7 Å². The Labute approximate surface area is 199 Å². The number of fused-ring (bicyclic) bond motifs is 1. The molecule has 1 N–H and O–H groups in total. The molecule has 174 valence electrons. The predicted molar refractivity (Wildman–Crippen MR) is 133 cm³/mol. The lowest BCUT2D eigenvalue weighted by atomic mass is 9.93. The minimum absolute atomic E-state index is 0.189. The van der Waals surface area contributed by atoms with Crippen LogP contribution >= 0.6 is 11.6 Å². The van der Waals surface area contributed by atoms with Gasteiger partial charge in [0, 0.05) is 29.9 Å². The SMILES string of the molecule is COc1ccccc1-n1c(=O)n(C2CCC2)c(=O)c2c(Nc3ccc(Cl)cc3)cc(=O)n(C)c21. The van der Waals surface area contributed by atoms with E-state index in [-0.39, 0.29) is 22.6 Å². The zero-order valence-electron chi connectivity index (χ0n) is 18.7. The Morgan fingerprint density at radius 1 is 1.03 bits per heavy atom. The van der Waals surface area contributed by atoms with Crippen molar-refractivity contribution in [3.05, 3.63) is 90.8 Å². The van der Waals surface area contributed by atoms with Crippen LogP contribution in [0.5, 0.6) is 5.75 Å². The maximum Gasteiger partial charge on any atom is 0.337 e. The molecule has 0 saturated heterocycles. The summed E-state index contributed by atoms with van der Waals surface area (Å²) in [6, 6.07) is 15.2. The molecule has 0 aliphatic heterocycles. The average Bonchev–Trinajstić information content (AvgIpc) is 2.80. The number of para-hydroxylation sites is 2. The van der Waals surface area contributed by atoms with Crippen molar-refractivity contribution in [3.63, 3.8) is 0 Å². The Balaban J connectivity index is 1.92. The number of pyridine rings is 1. The first-order valence-corrected chi connectivity index (χ1v) is 11.4. The smallest absolute Gasteiger partial charge is 0.337 e. The Bertz CT molecular complexity index is 1580. The van der Waals surface area contributed by atoms with Crippen molar-refractivity contribution in [2.75, 3.05) is 12.4 Å². The van der Waals surface area contributed by atoms with E-state index in [4.69, 9.17) is 16.3 Å². The van der Waals surface area contributed by atoms with Crippen LogP contribution in [0.4, 0.5) is 11.4 Å². The van der Waals surface area contributed by atoms with Gasteiger partial charge in [-0.25, -0.2) is 9.36 Å². The molecule has 0 atom stereocenters. The molecule has 0 bridgehead atoms. The Hall–Kier alpha value is -3.78. The van der Waals surface area contributed by atoms with Crippen LogP contribution in [0.15, 0.2) is 69.0 Å². The molecule has 1 aliphatic carbocycles. The Morgan fingerprint density at radius 2 is 1.74 bits per heavy atom. The van der Waals surface area contributed by atoms with E-state index in [1.54, 1.807) is 55.6 Å². The van der Waals surface area contributed by atoms with E-state index in [9.17, 15) is 14.4 Å². The summed E-state index contributed by atoms with van der Waals surface area (Å²) >= 11 is 6.01. The number of aryl methyl sites for hydroxylation is 1. The molecule has 4 aromatic rings. The number of methoxy groups -OCH3 is 1. The van der Waals surface area contributed by atoms with E-state index in [1.165, 1.54) is 26.9 Å². The molecule has 0 spiro atoms. The molecule has 1 saturated carbocycles. The zero-order chi connectivity index (χ0) is 24.0.